The molecule has 0 saturated heterocycles. The molecule has 2 heterocycles. The number of nitriles is 1. The lowest BCUT2D eigenvalue weighted by Crippen LogP contribution is -2.26. The fourth-order valence-corrected chi connectivity index (χ4v) is 3.39. The van der Waals surface area contributed by atoms with Crippen molar-refractivity contribution in [1.29, 1.82) is 10.7 Å². The third-order valence-electron chi connectivity index (χ3n) is 5.33. The number of benzene rings is 1. The van der Waals surface area contributed by atoms with E-state index in [9.17, 15) is 9.90 Å². The molecule has 4 N–H and O–H groups in total. The maximum Gasteiger partial charge on any atom is 0.338 e. The lowest BCUT2D eigenvalue weighted by molar-refractivity contribution is 0.0535. The number of carbonyl (C=O) groups is 1. The van der Waals surface area contributed by atoms with E-state index in [1.807, 2.05) is 13.8 Å². The van der Waals surface area contributed by atoms with Crippen LogP contribution in [0.5, 0.6) is 0 Å². The quantitative estimate of drug-likeness (QED) is 0.382. The van der Waals surface area contributed by atoms with Crippen LogP contribution >= 0.6 is 0 Å². The first-order valence-corrected chi connectivity index (χ1v) is 9.88. The number of esters is 1. The van der Waals surface area contributed by atoms with Crippen LogP contribution in [0.1, 0.15) is 51.2 Å². The highest BCUT2D eigenvalue weighted by Gasteiger charge is 2.25. The minimum absolute atomic E-state index is 0.238. The molecule has 0 aliphatic carbocycles. The van der Waals surface area contributed by atoms with Crippen LogP contribution in [0.3, 0.4) is 0 Å². The number of hydrogen-bond donors (Lipinski definition) is 4. The number of ether oxygens (including phenoxy) is 1. The fourth-order valence-electron chi connectivity index (χ4n) is 3.39. The molecule has 0 fully saturated rings. The molecule has 1 aromatic heterocycles. The molecule has 0 bridgehead atoms. The Hall–Kier alpha value is -3.54. The van der Waals surface area contributed by atoms with Gasteiger partial charge in [0.2, 0.25) is 0 Å². The van der Waals surface area contributed by atoms with Gasteiger partial charge in [0.05, 0.1) is 17.2 Å². The van der Waals surface area contributed by atoms with Gasteiger partial charge in [-0.3, -0.25) is 0 Å². The number of carbonyl (C=O) groups excluding carboxylic acids is 1. The van der Waals surface area contributed by atoms with Gasteiger partial charge in [0, 0.05) is 42.3 Å². The van der Waals surface area contributed by atoms with Crippen LogP contribution in [0.15, 0.2) is 36.2 Å². The Bertz CT molecular complexity index is 1100. The second-order valence-electron chi connectivity index (χ2n) is 7.46. The van der Waals surface area contributed by atoms with Gasteiger partial charge in [-0.15, -0.1) is 0 Å². The standard InChI is InChI=1S/C23H25N5O3/c1-13-6-22(27-9-16(13)7-24)28-10-17(15(3)25)8-26-11-21(29)18-4-5-19-20(14(18)2)12-31-23(19)30/h4-6,9-10,21,25-26,29H,8,11-12H2,1-3H3,(H,27,28)/b17-10-,25-15?/t21-/m0/s1. The van der Waals surface area contributed by atoms with Crippen LogP contribution < -0.4 is 10.6 Å². The number of aliphatic hydroxyl groups excluding tert-OH is 1. The van der Waals surface area contributed by atoms with E-state index in [0.717, 1.165) is 22.3 Å². The first-order valence-electron chi connectivity index (χ1n) is 9.88. The maximum atomic E-state index is 11.7. The van der Waals surface area contributed by atoms with Gasteiger partial charge in [0.1, 0.15) is 18.5 Å². The zero-order chi connectivity index (χ0) is 22.5. The van der Waals surface area contributed by atoms with E-state index in [1.165, 1.54) is 6.20 Å². The Kier molecular flexibility index (Phi) is 6.80. The molecule has 0 saturated carbocycles. The van der Waals surface area contributed by atoms with Crippen LogP contribution in [-0.4, -0.2) is 34.9 Å². The molecule has 1 aliphatic rings. The van der Waals surface area contributed by atoms with E-state index in [4.69, 9.17) is 15.4 Å². The summed E-state index contributed by atoms with van der Waals surface area (Å²) in [4.78, 5) is 15.9. The van der Waals surface area contributed by atoms with Crippen molar-refractivity contribution in [2.75, 3.05) is 18.4 Å². The lowest BCUT2D eigenvalue weighted by Gasteiger charge is -2.17. The average molecular weight is 419 g/mol. The van der Waals surface area contributed by atoms with E-state index in [1.54, 1.807) is 31.3 Å². The zero-order valence-corrected chi connectivity index (χ0v) is 17.7. The highest BCUT2D eigenvalue weighted by molar-refractivity contribution is 5.96. The van der Waals surface area contributed by atoms with Crippen LogP contribution in [0.25, 0.3) is 0 Å². The number of rotatable bonds is 8. The van der Waals surface area contributed by atoms with Gasteiger partial charge in [-0.1, -0.05) is 6.07 Å². The highest BCUT2D eigenvalue weighted by Crippen LogP contribution is 2.28. The largest absolute Gasteiger partial charge is 0.457 e. The van der Waals surface area contributed by atoms with Crippen molar-refractivity contribution in [3.05, 3.63) is 69.5 Å². The summed E-state index contributed by atoms with van der Waals surface area (Å²) in [5.41, 5.74) is 5.42. The first kappa shape index (κ1) is 22.2. The third-order valence-corrected chi connectivity index (χ3v) is 5.33. The van der Waals surface area contributed by atoms with Gasteiger partial charge >= 0.3 is 5.97 Å². The number of hydrogen-bond acceptors (Lipinski definition) is 8. The van der Waals surface area contributed by atoms with Crippen molar-refractivity contribution in [3.8, 4) is 6.07 Å². The Morgan fingerprint density at radius 3 is 2.90 bits per heavy atom. The van der Waals surface area contributed by atoms with Crippen molar-refractivity contribution in [1.82, 2.24) is 10.3 Å². The normalized spacial score (nSPS) is 13.9. The molecule has 0 radical (unpaired) electrons. The number of aliphatic hydroxyl groups is 1. The molecule has 3 rings (SSSR count). The van der Waals surface area contributed by atoms with Crippen LogP contribution in [0.2, 0.25) is 0 Å². The number of cyclic esters (lactones) is 1. The van der Waals surface area contributed by atoms with Gasteiger partial charge in [-0.05, 0) is 49.6 Å². The summed E-state index contributed by atoms with van der Waals surface area (Å²) < 4.78 is 5.07. The molecule has 1 aliphatic heterocycles. The topological polar surface area (TPSA) is 131 Å². The van der Waals surface area contributed by atoms with Crippen molar-refractivity contribution < 1.29 is 14.6 Å². The number of anilines is 1. The van der Waals surface area contributed by atoms with Gasteiger partial charge in [-0.2, -0.15) is 5.26 Å². The van der Waals surface area contributed by atoms with Crippen molar-refractivity contribution in [3.63, 3.8) is 0 Å². The van der Waals surface area contributed by atoms with Crippen LogP contribution in [0, 0.1) is 30.6 Å². The number of nitrogens with one attached hydrogen (secondary N) is 3. The molecule has 8 heteroatoms. The molecule has 2 aromatic rings. The number of aromatic nitrogens is 1. The van der Waals surface area contributed by atoms with E-state index in [-0.39, 0.29) is 19.1 Å². The molecule has 1 aromatic carbocycles. The molecular formula is C23H25N5O3. The van der Waals surface area contributed by atoms with Crippen LogP contribution in [-0.2, 0) is 11.3 Å². The highest BCUT2D eigenvalue weighted by atomic mass is 16.5. The molecule has 8 nitrogen and oxygen atoms in total. The Labute approximate surface area is 181 Å². The summed E-state index contributed by atoms with van der Waals surface area (Å²) in [5, 5.41) is 33.8. The summed E-state index contributed by atoms with van der Waals surface area (Å²) in [6.07, 6.45) is 2.44. The minimum Gasteiger partial charge on any atom is -0.457 e. The van der Waals surface area contributed by atoms with Crippen molar-refractivity contribution in [2.24, 2.45) is 0 Å². The number of fused-ring (bicyclic) bond motifs is 1. The Balaban J connectivity index is 1.61. The summed E-state index contributed by atoms with van der Waals surface area (Å²) in [5.74, 6) is 0.258. The van der Waals surface area contributed by atoms with Gasteiger partial charge < -0.3 is 25.9 Å². The van der Waals surface area contributed by atoms with Gasteiger partial charge in [0.15, 0.2) is 0 Å². The summed E-state index contributed by atoms with van der Waals surface area (Å²) in [7, 11) is 0. The fraction of sp³-hybridized carbons (Fsp3) is 0.304. The van der Waals surface area contributed by atoms with Gasteiger partial charge in [0.25, 0.3) is 0 Å². The summed E-state index contributed by atoms with van der Waals surface area (Å²) >= 11 is 0. The monoisotopic (exact) mass is 419 g/mol. The molecule has 160 valence electrons. The molecule has 0 amide bonds. The first-order chi connectivity index (χ1) is 14.8. The molecule has 31 heavy (non-hydrogen) atoms. The average Bonchev–Trinajstić information content (AvgIpc) is 3.12. The second kappa shape index (κ2) is 9.51. The lowest BCUT2D eigenvalue weighted by atomic mass is 9.95. The zero-order valence-electron chi connectivity index (χ0n) is 17.7. The van der Waals surface area contributed by atoms with Crippen molar-refractivity contribution in [2.45, 2.75) is 33.5 Å². The third kappa shape index (κ3) is 4.97. The molecule has 1 atom stereocenters. The summed E-state index contributed by atoms with van der Waals surface area (Å²) in [6, 6.07) is 7.30. The van der Waals surface area contributed by atoms with E-state index >= 15 is 0 Å². The Morgan fingerprint density at radius 2 is 2.23 bits per heavy atom. The summed E-state index contributed by atoms with van der Waals surface area (Å²) in [6.45, 7) is 6.30. The molecular weight excluding hydrogens is 394 g/mol. The minimum atomic E-state index is -0.760. The van der Waals surface area contributed by atoms with E-state index in [2.05, 4.69) is 21.7 Å². The second-order valence-corrected chi connectivity index (χ2v) is 7.46. The Morgan fingerprint density at radius 1 is 1.45 bits per heavy atom. The predicted molar refractivity (Wildman–Crippen MR) is 117 cm³/mol. The predicted octanol–water partition coefficient (Wildman–Crippen LogP) is 2.90. The molecule has 0 unspecified atom stereocenters. The maximum absolute atomic E-state index is 11.7. The SMILES string of the molecule is CC(=N)/C(=C\Nc1cc(C)c(C#N)cn1)CNC[C@H](O)c1ccc2c(c1C)COC2=O. The van der Waals surface area contributed by atoms with Gasteiger partial charge in [-0.25, -0.2) is 9.78 Å². The number of pyridine rings is 1. The molecule has 0 spiro atoms. The smallest absolute Gasteiger partial charge is 0.338 e. The van der Waals surface area contributed by atoms with E-state index in [0.29, 0.717) is 34.8 Å². The number of aryl methyl sites for hydroxylation is 1. The van der Waals surface area contributed by atoms with Crippen LogP contribution in [0.4, 0.5) is 5.82 Å². The van der Waals surface area contributed by atoms with E-state index < -0.39 is 6.10 Å². The van der Waals surface area contributed by atoms with Crippen molar-refractivity contribution >= 4 is 17.5 Å². The number of nitrogens with zero attached hydrogens (tertiary/aromatic N) is 2.